The molecule has 0 aliphatic carbocycles. The maximum Gasteiger partial charge on any atom is 0.200 e. The SMILES string of the molecule is CCCCc1ccc(-n2c(-c3ccc(C)cc3)n[nH]c2=S)cc1. The normalized spacial score (nSPS) is 10.9. The molecule has 2 aromatic carbocycles. The minimum absolute atomic E-state index is 0.613. The summed E-state index contributed by atoms with van der Waals surface area (Å²) >= 11 is 5.43. The molecular weight excluding hydrogens is 302 g/mol. The largest absolute Gasteiger partial charge is 0.268 e. The Balaban J connectivity index is 1.98. The first-order valence-corrected chi connectivity index (χ1v) is 8.43. The molecule has 3 rings (SSSR count). The fourth-order valence-corrected chi connectivity index (χ4v) is 2.86. The second-order valence-corrected chi connectivity index (χ2v) is 6.21. The Bertz CT molecular complexity index is 826. The number of aromatic nitrogens is 3. The van der Waals surface area contributed by atoms with Crippen LogP contribution in [-0.4, -0.2) is 14.8 Å². The fraction of sp³-hybridized carbons (Fsp3) is 0.263. The van der Waals surface area contributed by atoms with Crippen LogP contribution in [0.15, 0.2) is 48.5 Å². The van der Waals surface area contributed by atoms with Crippen molar-refractivity contribution in [1.82, 2.24) is 14.8 Å². The van der Waals surface area contributed by atoms with Crippen molar-refractivity contribution in [2.75, 3.05) is 0 Å². The van der Waals surface area contributed by atoms with Crippen LogP contribution in [0.25, 0.3) is 17.1 Å². The number of nitrogens with one attached hydrogen (secondary N) is 1. The molecule has 1 aromatic heterocycles. The highest BCUT2D eigenvalue weighted by molar-refractivity contribution is 7.71. The molecule has 3 aromatic rings. The van der Waals surface area contributed by atoms with Crippen LogP contribution in [-0.2, 0) is 6.42 Å². The van der Waals surface area contributed by atoms with Crippen LogP contribution in [0.3, 0.4) is 0 Å². The highest BCUT2D eigenvalue weighted by Gasteiger charge is 2.10. The number of rotatable bonds is 5. The number of benzene rings is 2. The lowest BCUT2D eigenvalue weighted by Crippen LogP contribution is -1.98. The summed E-state index contributed by atoms with van der Waals surface area (Å²) in [5.41, 5.74) is 4.69. The highest BCUT2D eigenvalue weighted by atomic mass is 32.1. The van der Waals surface area contributed by atoms with Gasteiger partial charge in [-0.05, 0) is 49.7 Å². The number of nitrogens with zero attached hydrogens (tertiary/aromatic N) is 2. The quantitative estimate of drug-likeness (QED) is 0.651. The standard InChI is InChI=1S/C19H21N3S/c1-3-4-5-15-8-12-17(13-9-15)22-18(20-21-19(22)23)16-10-6-14(2)7-11-16/h6-13H,3-5H2,1-2H3,(H,21,23). The highest BCUT2D eigenvalue weighted by Crippen LogP contribution is 2.22. The van der Waals surface area contributed by atoms with Gasteiger partial charge in [0.2, 0.25) is 0 Å². The second-order valence-electron chi connectivity index (χ2n) is 5.82. The van der Waals surface area contributed by atoms with Crippen molar-refractivity contribution in [3.63, 3.8) is 0 Å². The number of H-pyrrole nitrogens is 1. The molecule has 0 atom stereocenters. The summed E-state index contributed by atoms with van der Waals surface area (Å²) in [5, 5.41) is 7.32. The maximum absolute atomic E-state index is 5.43. The average molecular weight is 323 g/mol. The van der Waals surface area contributed by atoms with E-state index >= 15 is 0 Å². The van der Waals surface area contributed by atoms with E-state index in [2.05, 4.69) is 72.6 Å². The molecule has 0 bridgehead atoms. The molecule has 118 valence electrons. The summed E-state index contributed by atoms with van der Waals surface area (Å²) in [6.45, 7) is 4.29. The zero-order chi connectivity index (χ0) is 16.2. The third kappa shape index (κ3) is 3.42. The minimum Gasteiger partial charge on any atom is -0.268 e. The van der Waals surface area contributed by atoms with Gasteiger partial charge < -0.3 is 0 Å². The summed E-state index contributed by atoms with van der Waals surface area (Å²) in [6.07, 6.45) is 3.56. The lowest BCUT2D eigenvalue weighted by Gasteiger charge is -2.08. The van der Waals surface area contributed by atoms with Crippen LogP contribution < -0.4 is 0 Å². The van der Waals surface area contributed by atoms with Gasteiger partial charge in [0, 0.05) is 11.3 Å². The first kappa shape index (κ1) is 15.7. The van der Waals surface area contributed by atoms with Crippen molar-refractivity contribution in [3.8, 4) is 17.1 Å². The van der Waals surface area contributed by atoms with Gasteiger partial charge in [0.15, 0.2) is 10.6 Å². The molecule has 0 unspecified atom stereocenters. The number of hydrogen-bond acceptors (Lipinski definition) is 2. The Morgan fingerprint density at radius 1 is 1.04 bits per heavy atom. The van der Waals surface area contributed by atoms with Crippen molar-refractivity contribution >= 4 is 12.2 Å². The van der Waals surface area contributed by atoms with Crippen LogP contribution in [0, 0.1) is 11.7 Å². The van der Waals surface area contributed by atoms with E-state index in [0.717, 1.165) is 23.5 Å². The van der Waals surface area contributed by atoms with Crippen LogP contribution in [0.4, 0.5) is 0 Å². The molecule has 1 heterocycles. The van der Waals surface area contributed by atoms with E-state index in [1.54, 1.807) is 0 Å². The lowest BCUT2D eigenvalue weighted by molar-refractivity contribution is 0.795. The van der Waals surface area contributed by atoms with E-state index in [1.165, 1.54) is 24.0 Å². The summed E-state index contributed by atoms with van der Waals surface area (Å²) < 4.78 is 2.60. The first-order chi connectivity index (χ1) is 11.2. The van der Waals surface area contributed by atoms with Crippen molar-refractivity contribution in [1.29, 1.82) is 0 Å². The summed E-state index contributed by atoms with van der Waals surface area (Å²) in [7, 11) is 0. The number of aryl methyl sites for hydroxylation is 2. The first-order valence-electron chi connectivity index (χ1n) is 8.03. The van der Waals surface area contributed by atoms with Crippen molar-refractivity contribution in [2.24, 2.45) is 0 Å². The van der Waals surface area contributed by atoms with Crippen LogP contribution in [0.5, 0.6) is 0 Å². The van der Waals surface area contributed by atoms with Gasteiger partial charge in [0.1, 0.15) is 0 Å². The number of aromatic amines is 1. The van der Waals surface area contributed by atoms with E-state index in [9.17, 15) is 0 Å². The molecule has 0 radical (unpaired) electrons. The molecule has 0 amide bonds. The molecule has 0 saturated carbocycles. The predicted molar refractivity (Wildman–Crippen MR) is 97.5 cm³/mol. The summed E-state index contributed by atoms with van der Waals surface area (Å²) in [5.74, 6) is 0.844. The van der Waals surface area contributed by atoms with Crippen LogP contribution >= 0.6 is 12.2 Å². The Morgan fingerprint density at radius 2 is 1.74 bits per heavy atom. The minimum atomic E-state index is 0.613. The molecule has 0 aliphatic heterocycles. The lowest BCUT2D eigenvalue weighted by atomic mass is 10.1. The molecule has 0 fully saturated rings. The Labute approximate surface area is 142 Å². The van der Waals surface area contributed by atoms with Crippen molar-refractivity contribution < 1.29 is 0 Å². The molecule has 0 aliphatic rings. The summed E-state index contributed by atoms with van der Waals surface area (Å²) in [4.78, 5) is 0. The fourth-order valence-electron chi connectivity index (χ4n) is 2.63. The van der Waals surface area contributed by atoms with E-state index < -0.39 is 0 Å². The number of unbranched alkanes of at least 4 members (excludes halogenated alkanes) is 1. The van der Waals surface area contributed by atoms with Gasteiger partial charge in [-0.15, -0.1) is 0 Å². The zero-order valence-corrected chi connectivity index (χ0v) is 14.4. The maximum atomic E-state index is 5.43. The monoisotopic (exact) mass is 323 g/mol. The molecule has 1 N–H and O–H groups in total. The third-order valence-electron chi connectivity index (χ3n) is 4.00. The Kier molecular flexibility index (Phi) is 4.72. The van der Waals surface area contributed by atoms with Gasteiger partial charge in [0.05, 0.1) is 0 Å². The van der Waals surface area contributed by atoms with Gasteiger partial charge >= 0.3 is 0 Å². The van der Waals surface area contributed by atoms with Crippen LogP contribution in [0.1, 0.15) is 30.9 Å². The number of hydrogen-bond donors (Lipinski definition) is 1. The summed E-state index contributed by atoms with van der Waals surface area (Å²) in [6, 6.07) is 16.9. The smallest absolute Gasteiger partial charge is 0.200 e. The molecule has 0 saturated heterocycles. The van der Waals surface area contributed by atoms with Crippen LogP contribution in [0.2, 0.25) is 0 Å². The van der Waals surface area contributed by atoms with E-state index in [-0.39, 0.29) is 0 Å². The molecule has 0 spiro atoms. The Morgan fingerprint density at radius 3 is 2.39 bits per heavy atom. The van der Waals surface area contributed by atoms with Gasteiger partial charge in [0.25, 0.3) is 0 Å². The van der Waals surface area contributed by atoms with Gasteiger partial charge in [-0.3, -0.25) is 9.67 Å². The van der Waals surface area contributed by atoms with Gasteiger partial charge in [-0.25, -0.2) is 0 Å². The second kappa shape index (κ2) is 6.92. The van der Waals surface area contributed by atoms with Gasteiger partial charge in [-0.1, -0.05) is 55.3 Å². The molecular formula is C19H21N3S. The third-order valence-corrected chi connectivity index (χ3v) is 4.27. The topological polar surface area (TPSA) is 33.6 Å². The van der Waals surface area contributed by atoms with E-state index in [0.29, 0.717) is 4.77 Å². The Hall–Kier alpha value is -2.20. The van der Waals surface area contributed by atoms with E-state index in [4.69, 9.17) is 12.2 Å². The van der Waals surface area contributed by atoms with Gasteiger partial charge in [-0.2, -0.15) is 5.10 Å². The average Bonchev–Trinajstić information content (AvgIpc) is 2.96. The molecule has 4 heteroatoms. The zero-order valence-electron chi connectivity index (χ0n) is 13.5. The van der Waals surface area contributed by atoms with Crippen molar-refractivity contribution in [3.05, 3.63) is 64.4 Å². The van der Waals surface area contributed by atoms with Crippen molar-refractivity contribution in [2.45, 2.75) is 33.1 Å². The molecule has 3 nitrogen and oxygen atoms in total. The predicted octanol–water partition coefficient (Wildman–Crippen LogP) is 5.25. The molecule has 23 heavy (non-hydrogen) atoms. The van der Waals surface area contributed by atoms with E-state index in [1.807, 2.05) is 4.57 Å².